The highest BCUT2D eigenvalue weighted by atomic mass is 19.1. The Hall–Kier alpha value is -3.61. The SMILES string of the molecule is CCNC(=NCc1ccc(Cn2ccccc2=O)cc1)NCC(C)Oc1cccc(F)c1. The van der Waals surface area contributed by atoms with Gasteiger partial charge in [0, 0.05) is 24.9 Å². The fraction of sp³-hybridized carbons (Fsp3) is 0.280. The van der Waals surface area contributed by atoms with Gasteiger partial charge in [-0.2, -0.15) is 0 Å². The van der Waals surface area contributed by atoms with Gasteiger partial charge >= 0.3 is 0 Å². The second-order valence-electron chi connectivity index (χ2n) is 7.45. The minimum atomic E-state index is -0.320. The van der Waals surface area contributed by atoms with E-state index in [1.165, 1.54) is 12.1 Å². The van der Waals surface area contributed by atoms with Crippen molar-refractivity contribution >= 4 is 5.96 Å². The van der Waals surface area contributed by atoms with Gasteiger partial charge in [0.2, 0.25) is 0 Å². The van der Waals surface area contributed by atoms with E-state index in [1.807, 2.05) is 44.2 Å². The maximum atomic E-state index is 13.3. The second kappa shape index (κ2) is 11.7. The monoisotopic (exact) mass is 436 g/mol. The number of guanidine groups is 1. The molecule has 1 heterocycles. The van der Waals surface area contributed by atoms with Crippen LogP contribution in [0.5, 0.6) is 5.75 Å². The molecule has 6 nitrogen and oxygen atoms in total. The van der Waals surface area contributed by atoms with Gasteiger partial charge in [0.05, 0.1) is 19.6 Å². The summed E-state index contributed by atoms with van der Waals surface area (Å²) in [4.78, 5) is 16.5. The van der Waals surface area contributed by atoms with E-state index in [-0.39, 0.29) is 17.5 Å². The van der Waals surface area contributed by atoms with Crippen LogP contribution in [0.3, 0.4) is 0 Å². The Bertz CT molecular complexity index is 1080. The molecule has 0 saturated heterocycles. The maximum absolute atomic E-state index is 13.3. The maximum Gasteiger partial charge on any atom is 0.250 e. The number of ether oxygens (including phenoxy) is 1. The minimum Gasteiger partial charge on any atom is -0.489 e. The molecule has 0 radical (unpaired) electrons. The predicted octanol–water partition coefficient (Wildman–Crippen LogP) is 3.56. The standard InChI is InChI=1S/C25H29FN4O2/c1-3-27-25(28-16-19(2)32-23-8-6-7-22(26)15-23)29-17-20-10-12-21(13-11-20)18-30-14-5-4-9-24(30)31/h4-15,19H,3,16-18H2,1-2H3,(H2,27,28,29). The third-order valence-electron chi connectivity index (χ3n) is 4.73. The van der Waals surface area contributed by atoms with Gasteiger partial charge in [-0.15, -0.1) is 0 Å². The summed E-state index contributed by atoms with van der Waals surface area (Å²) in [6.45, 7) is 6.22. The van der Waals surface area contributed by atoms with Crippen molar-refractivity contribution in [1.29, 1.82) is 0 Å². The Balaban J connectivity index is 1.53. The summed E-state index contributed by atoms with van der Waals surface area (Å²) < 4.78 is 20.7. The van der Waals surface area contributed by atoms with E-state index in [0.717, 1.165) is 17.7 Å². The predicted molar refractivity (Wildman–Crippen MR) is 126 cm³/mol. The van der Waals surface area contributed by atoms with E-state index < -0.39 is 0 Å². The molecule has 168 valence electrons. The van der Waals surface area contributed by atoms with E-state index in [1.54, 1.807) is 35.0 Å². The number of hydrogen-bond donors (Lipinski definition) is 2. The van der Waals surface area contributed by atoms with Crippen LogP contribution in [0.1, 0.15) is 25.0 Å². The molecule has 1 unspecified atom stereocenters. The van der Waals surface area contributed by atoms with Crippen molar-refractivity contribution in [1.82, 2.24) is 15.2 Å². The number of aromatic nitrogens is 1. The summed E-state index contributed by atoms with van der Waals surface area (Å²) in [5, 5.41) is 6.47. The molecule has 2 N–H and O–H groups in total. The van der Waals surface area contributed by atoms with Gasteiger partial charge in [-0.1, -0.05) is 36.4 Å². The molecule has 0 aliphatic carbocycles. The normalized spacial score (nSPS) is 12.3. The zero-order valence-electron chi connectivity index (χ0n) is 18.4. The van der Waals surface area contributed by atoms with Crippen molar-refractivity contribution < 1.29 is 9.13 Å². The highest BCUT2D eigenvalue weighted by Crippen LogP contribution is 2.13. The summed E-state index contributed by atoms with van der Waals surface area (Å²) in [6, 6.07) is 19.3. The third-order valence-corrected chi connectivity index (χ3v) is 4.73. The Morgan fingerprint density at radius 3 is 2.56 bits per heavy atom. The first kappa shape index (κ1) is 23.1. The van der Waals surface area contributed by atoms with Crippen LogP contribution in [-0.4, -0.2) is 29.7 Å². The Morgan fingerprint density at radius 1 is 1.06 bits per heavy atom. The average Bonchev–Trinajstić information content (AvgIpc) is 2.78. The molecule has 0 aliphatic rings. The van der Waals surface area contributed by atoms with Crippen molar-refractivity contribution in [2.75, 3.05) is 13.1 Å². The number of hydrogen-bond acceptors (Lipinski definition) is 3. The summed E-state index contributed by atoms with van der Waals surface area (Å²) in [5.74, 6) is 0.862. The quantitative estimate of drug-likeness (QED) is 0.398. The molecule has 0 bridgehead atoms. The van der Waals surface area contributed by atoms with Crippen LogP contribution >= 0.6 is 0 Å². The van der Waals surface area contributed by atoms with Gasteiger partial charge in [0.25, 0.3) is 5.56 Å². The van der Waals surface area contributed by atoms with Gasteiger partial charge in [0.1, 0.15) is 17.7 Å². The van der Waals surface area contributed by atoms with Crippen LogP contribution in [0, 0.1) is 5.82 Å². The van der Waals surface area contributed by atoms with Crippen molar-refractivity contribution in [2.24, 2.45) is 4.99 Å². The van der Waals surface area contributed by atoms with Gasteiger partial charge in [0.15, 0.2) is 5.96 Å². The lowest BCUT2D eigenvalue weighted by Gasteiger charge is -2.17. The van der Waals surface area contributed by atoms with Crippen LogP contribution in [0.2, 0.25) is 0 Å². The highest BCUT2D eigenvalue weighted by molar-refractivity contribution is 5.79. The molecule has 32 heavy (non-hydrogen) atoms. The molecule has 0 spiro atoms. The summed E-state index contributed by atoms with van der Waals surface area (Å²) in [6.07, 6.45) is 1.62. The molecule has 3 aromatic rings. The van der Waals surface area contributed by atoms with E-state index in [2.05, 4.69) is 15.6 Å². The lowest BCUT2D eigenvalue weighted by Crippen LogP contribution is -2.41. The number of halogens is 1. The molecule has 1 atom stereocenters. The van der Waals surface area contributed by atoms with Gasteiger partial charge in [-0.25, -0.2) is 9.38 Å². The first-order chi connectivity index (χ1) is 15.5. The molecule has 1 aromatic heterocycles. The van der Waals surface area contributed by atoms with Crippen LogP contribution in [0.4, 0.5) is 4.39 Å². The first-order valence-electron chi connectivity index (χ1n) is 10.7. The Kier molecular flexibility index (Phi) is 8.43. The topological polar surface area (TPSA) is 67.7 Å². The lowest BCUT2D eigenvalue weighted by atomic mass is 10.1. The molecule has 0 fully saturated rings. The molecular weight excluding hydrogens is 407 g/mol. The summed E-state index contributed by atoms with van der Waals surface area (Å²) in [7, 11) is 0. The van der Waals surface area contributed by atoms with Crippen molar-refractivity contribution in [3.63, 3.8) is 0 Å². The second-order valence-corrected chi connectivity index (χ2v) is 7.45. The van der Waals surface area contributed by atoms with Crippen LogP contribution in [0.25, 0.3) is 0 Å². The summed E-state index contributed by atoms with van der Waals surface area (Å²) >= 11 is 0. The molecule has 0 saturated carbocycles. The first-order valence-corrected chi connectivity index (χ1v) is 10.7. The van der Waals surface area contributed by atoms with Gasteiger partial charge in [-0.05, 0) is 43.2 Å². The lowest BCUT2D eigenvalue weighted by molar-refractivity contribution is 0.223. The summed E-state index contributed by atoms with van der Waals surface area (Å²) in [5.41, 5.74) is 2.10. The van der Waals surface area contributed by atoms with E-state index in [0.29, 0.717) is 31.3 Å². The average molecular weight is 437 g/mol. The van der Waals surface area contributed by atoms with Gasteiger partial charge < -0.3 is 19.9 Å². The largest absolute Gasteiger partial charge is 0.489 e. The molecule has 3 rings (SSSR count). The molecule has 7 heteroatoms. The third kappa shape index (κ3) is 7.27. The fourth-order valence-electron chi connectivity index (χ4n) is 3.10. The van der Waals surface area contributed by atoms with Crippen LogP contribution in [-0.2, 0) is 13.1 Å². The zero-order valence-corrected chi connectivity index (χ0v) is 18.4. The zero-order chi connectivity index (χ0) is 22.8. The van der Waals surface area contributed by atoms with Crippen molar-refractivity contribution in [3.05, 3.63) is 100 Å². The van der Waals surface area contributed by atoms with E-state index >= 15 is 0 Å². The Labute approximate surface area is 187 Å². The Morgan fingerprint density at radius 2 is 1.84 bits per heavy atom. The van der Waals surface area contributed by atoms with Crippen molar-refractivity contribution in [3.8, 4) is 5.75 Å². The molecule has 0 amide bonds. The number of benzene rings is 2. The number of nitrogens with zero attached hydrogens (tertiary/aromatic N) is 2. The van der Waals surface area contributed by atoms with E-state index in [4.69, 9.17) is 4.74 Å². The van der Waals surface area contributed by atoms with Crippen molar-refractivity contribution in [2.45, 2.75) is 33.0 Å². The molecule has 0 aliphatic heterocycles. The smallest absolute Gasteiger partial charge is 0.250 e. The van der Waals surface area contributed by atoms with Gasteiger partial charge in [-0.3, -0.25) is 4.79 Å². The molecular formula is C25H29FN4O2. The number of aliphatic imine (C=N–C) groups is 1. The van der Waals surface area contributed by atoms with E-state index in [9.17, 15) is 9.18 Å². The van der Waals surface area contributed by atoms with Crippen LogP contribution in [0.15, 0.2) is 82.7 Å². The fourth-order valence-corrected chi connectivity index (χ4v) is 3.10. The van der Waals surface area contributed by atoms with Crippen LogP contribution < -0.4 is 20.9 Å². The number of pyridine rings is 1. The minimum absolute atomic E-state index is 0.0156. The number of nitrogens with one attached hydrogen (secondary N) is 2. The number of rotatable bonds is 9. The highest BCUT2D eigenvalue weighted by Gasteiger charge is 2.07. The molecule has 2 aromatic carbocycles.